The molecule has 0 aliphatic heterocycles. The fourth-order valence-electron chi connectivity index (χ4n) is 2.21. The van der Waals surface area contributed by atoms with E-state index in [9.17, 15) is 0 Å². The second-order valence-corrected chi connectivity index (χ2v) is 4.82. The molecule has 0 aliphatic rings. The van der Waals surface area contributed by atoms with E-state index in [1.54, 1.807) is 29.5 Å². The minimum Gasteiger partial charge on any atom is -0.472 e. The predicted molar refractivity (Wildman–Crippen MR) is 76.9 cm³/mol. The van der Waals surface area contributed by atoms with Gasteiger partial charge in [-0.3, -0.25) is 0 Å². The number of nitrogens with zero attached hydrogens (tertiary/aromatic N) is 6. The molecule has 106 valence electrons. The molecule has 2 N–H and O–H groups in total. The first-order valence-electron chi connectivity index (χ1n) is 6.24. The van der Waals surface area contributed by atoms with Gasteiger partial charge in [0, 0.05) is 5.88 Å². The Morgan fingerprint density at radius 1 is 1.29 bits per heavy atom. The number of fused-ring (bicyclic) bond motifs is 3. The predicted octanol–water partition coefficient (Wildman–Crippen LogP) is 1.55. The molecule has 8 nitrogen and oxygen atoms in total. The van der Waals surface area contributed by atoms with Gasteiger partial charge in [-0.15, -0.1) is 16.7 Å². The smallest absolute Gasteiger partial charge is 0.225 e. The summed E-state index contributed by atoms with van der Waals surface area (Å²) < 4.78 is 8.25. The van der Waals surface area contributed by atoms with Crippen LogP contribution in [0, 0.1) is 0 Å². The van der Waals surface area contributed by atoms with Crippen LogP contribution in [-0.2, 0) is 6.54 Å². The normalized spacial score (nSPS) is 11.7. The molecule has 0 amide bonds. The van der Waals surface area contributed by atoms with E-state index in [2.05, 4.69) is 20.2 Å². The van der Waals surface area contributed by atoms with Crippen molar-refractivity contribution in [2.24, 2.45) is 0 Å². The van der Waals surface area contributed by atoms with E-state index in [4.69, 9.17) is 21.8 Å². The molecule has 0 bridgehead atoms. The molecular formula is C12H10ClN7O. The van der Waals surface area contributed by atoms with Crippen LogP contribution in [0.25, 0.3) is 28.1 Å². The third kappa shape index (κ3) is 1.76. The van der Waals surface area contributed by atoms with E-state index in [0.29, 0.717) is 29.5 Å². The Morgan fingerprint density at radius 3 is 2.95 bits per heavy atom. The summed E-state index contributed by atoms with van der Waals surface area (Å²) in [5.74, 6) is 1.21. The summed E-state index contributed by atoms with van der Waals surface area (Å²) in [5, 5.41) is 9.39. The Kier molecular flexibility index (Phi) is 2.58. The van der Waals surface area contributed by atoms with Crippen molar-refractivity contribution in [3.8, 4) is 11.4 Å². The molecule has 0 spiro atoms. The number of rotatable bonds is 3. The van der Waals surface area contributed by atoms with Gasteiger partial charge in [0.1, 0.15) is 6.26 Å². The largest absolute Gasteiger partial charge is 0.472 e. The van der Waals surface area contributed by atoms with Gasteiger partial charge in [0.05, 0.1) is 30.0 Å². The lowest BCUT2D eigenvalue weighted by Crippen LogP contribution is -2.06. The second-order valence-electron chi connectivity index (χ2n) is 4.45. The van der Waals surface area contributed by atoms with Crippen molar-refractivity contribution >= 4 is 34.2 Å². The molecule has 4 heterocycles. The van der Waals surface area contributed by atoms with Crippen molar-refractivity contribution in [2.45, 2.75) is 6.54 Å². The molecule has 0 aromatic carbocycles. The summed E-state index contributed by atoms with van der Waals surface area (Å²) in [7, 11) is 0. The third-order valence-corrected chi connectivity index (χ3v) is 3.34. The third-order valence-electron chi connectivity index (χ3n) is 3.17. The SMILES string of the molecule is Nc1nc2c(cnn2CCCl)c2nc(-c3ccoc3)nn12. The summed E-state index contributed by atoms with van der Waals surface area (Å²) >= 11 is 5.76. The summed E-state index contributed by atoms with van der Waals surface area (Å²) in [6, 6.07) is 1.78. The van der Waals surface area contributed by atoms with Crippen LogP contribution in [0.1, 0.15) is 0 Å². The van der Waals surface area contributed by atoms with Gasteiger partial charge in [-0.25, -0.2) is 9.67 Å². The van der Waals surface area contributed by atoms with Gasteiger partial charge in [0.25, 0.3) is 0 Å². The first-order valence-corrected chi connectivity index (χ1v) is 6.77. The molecule has 0 atom stereocenters. The number of furan rings is 1. The van der Waals surface area contributed by atoms with Gasteiger partial charge >= 0.3 is 0 Å². The number of anilines is 1. The summed E-state index contributed by atoms with van der Waals surface area (Å²) in [6.07, 6.45) is 4.83. The lowest BCUT2D eigenvalue weighted by Gasteiger charge is -2.01. The Balaban J connectivity index is 2.01. The van der Waals surface area contributed by atoms with Crippen LogP contribution >= 0.6 is 11.6 Å². The number of alkyl halides is 1. The van der Waals surface area contributed by atoms with Gasteiger partial charge < -0.3 is 10.2 Å². The lowest BCUT2D eigenvalue weighted by molar-refractivity contribution is 0.568. The van der Waals surface area contributed by atoms with Gasteiger partial charge in [-0.05, 0) is 6.07 Å². The molecule has 9 heteroatoms. The van der Waals surface area contributed by atoms with Crippen LogP contribution in [0.15, 0.2) is 29.2 Å². The first kappa shape index (κ1) is 12.2. The summed E-state index contributed by atoms with van der Waals surface area (Å²) in [6.45, 7) is 0.552. The lowest BCUT2D eigenvalue weighted by atomic mass is 10.3. The monoisotopic (exact) mass is 303 g/mol. The van der Waals surface area contributed by atoms with Crippen LogP contribution in [0.2, 0.25) is 0 Å². The zero-order chi connectivity index (χ0) is 14.4. The van der Waals surface area contributed by atoms with Gasteiger partial charge in [0.2, 0.25) is 5.95 Å². The highest BCUT2D eigenvalue weighted by atomic mass is 35.5. The molecule has 0 saturated heterocycles. The van der Waals surface area contributed by atoms with Gasteiger partial charge in [-0.2, -0.15) is 14.6 Å². The number of nitrogens with two attached hydrogens (primary N) is 1. The van der Waals surface area contributed by atoms with E-state index in [0.717, 1.165) is 10.9 Å². The van der Waals surface area contributed by atoms with E-state index < -0.39 is 0 Å². The number of halogens is 1. The van der Waals surface area contributed by atoms with Crippen molar-refractivity contribution in [1.29, 1.82) is 0 Å². The highest BCUT2D eigenvalue weighted by Gasteiger charge is 2.16. The van der Waals surface area contributed by atoms with E-state index in [1.807, 2.05) is 0 Å². The number of hydrogen-bond donors (Lipinski definition) is 1. The fraction of sp³-hybridized carbons (Fsp3) is 0.167. The minimum absolute atomic E-state index is 0.246. The Morgan fingerprint density at radius 2 is 2.19 bits per heavy atom. The molecule has 0 unspecified atom stereocenters. The molecule has 21 heavy (non-hydrogen) atoms. The van der Waals surface area contributed by atoms with E-state index >= 15 is 0 Å². The molecule has 0 radical (unpaired) electrons. The van der Waals surface area contributed by atoms with E-state index in [1.165, 1.54) is 4.52 Å². The minimum atomic E-state index is 0.246. The Bertz CT molecular complexity index is 924. The van der Waals surface area contributed by atoms with E-state index in [-0.39, 0.29) is 5.95 Å². The quantitative estimate of drug-likeness (QED) is 0.576. The Labute approximate surface area is 123 Å². The van der Waals surface area contributed by atoms with Crippen LogP contribution in [-0.4, -0.2) is 35.2 Å². The first-order chi connectivity index (χ1) is 10.3. The maximum absolute atomic E-state index is 5.97. The average Bonchev–Trinajstić information content (AvgIpc) is 3.16. The molecule has 4 aromatic heterocycles. The standard InChI is InChI=1S/C12H10ClN7O/c13-2-3-19-10-8(5-15-19)11-16-9(7-1-4-21-6-7)18-20(11)12(14)17-10/h1,4-6H,2-3H2,(H2,14,17). The molecule has 0 saturated carbocycles. The Hall–Kier alpha value is -2.61. The molecule has 0 fully saturated rings. The molecule has 4 rings (SSSR count). The van der Waals surface area contributed by atoms with Crippen LogP contribution < -0.4 is 5.73 Å². The zero-order valence-corrected chi connectivity index (χ0v) is 11.5. The fourth-order valence-corrected chi connectivity index (χ4v) is 2.37. The summed E-state index contributed by atoms with van der Waals surface area (Å²) in [4.78, 5) is 8.84. The number of aryl methyl sites for hydroxylation is 1. The number of aromatic nitrogens is 6. The van der Waals surface area contributed by atoms with Crippen LogP contribution in [0.5, 0.6) is 0 Å². The number of nitrogen functional groups attached to an aromatic ring is 1. The van der Waals surface area contributed by atoms with Crippen molar-refractivity contribution < 1.29 is 4.42 Å². The van der Waals surface area contributed by atoms with Gasteiger partial charge in [-0.1, -0.05) is 0 Å². The second kappa shape index (κ2) is 4.45. The topological polar surface area (TPSA) is 100 Å². The van der Waals surface area contributed by atoms with Crippen LogP contribution in [0.4, 0.5) is 5.95 Å². The van der Waals surface area contributed by atoms with Crippen molar-refractivity contribution in [2.75, 3.05) is 11.6 Å². The zero-order valence-electron chi connectivity index (χ0n) is 10.8. The number of hydrogen-bond acceptors (Lipinski definition) is 6. The van der Waals surface area contributed by atoms with Crippen molar-refractivity contribution in [3.63, 3.8) is 0 Å². The maximum atomic E-state index is 5.97. The molecule has 4 aromatic rings. The highest BCUT2D eigenvalue weighted by Crippen LogP contribution is 2.23. The molecule has 0 aliphatic carbocycles. The maximum Gasteiger partial charge on any atom is 0.225 e. The molecular weight excluding hydrogens is 294 g/mol. The van der Waals surface area contributed by atoms with Gasteiger partial charge in [0.15, 0.2) is 17.1 Å². The average molecular weight is 304 g/mol. The van der Waals surface area contributed by atoms with Crippen molar-refractivity contribution in [3.05, 3.63) is 24.8 Å². The van der Waals surface area contributed by atoms with Crippen molar-refractivity contribution in [1.82, 2.24) is 29.4 Å². The highest BCUT2D eigenvalue weighted by molar-refractivity contribution is 6.17. The summed E-state index contributed by atoms with van der Waals surface area (Å²) in [5.41, 5.74) is 7.99. The van der Waals surface area contributed by atoms with Crippen LogP contribution in [0.3, 0.4) is 0 Å².